The first-order chi connectivity index (χ1) is 9.15. The van der Waals surface area contributed by atoms with Gasteiger partial charge in [-0.3, -0.25) is 4.79 Å². The number of anilines is 1. The van der Waals surface area contributed by atoms with Crippen molar-refractivity contribution in [3.05, 3.63) is 23.8 Å². The number of ether oxygens (including phenoxy) is 2. The van der Waals surface area contributed by atoms with Crippen LogP contribution in [0.15, 0.2) is 18.2 Å². The molecule has 4 heteroatoms. The van der Waals surface area contributed by atoms with Crippen LogP contribution in [0.3, 0.4) is 0 Å². The number of carbonyl (C=O) groups excluding carboxylic acids is 1. The van der Waals surface area contributed by atoms with Crippen LogP contribution in [0.4, 0.5) is 5.69 Å². The molecular weight excluding hydrogens is 242 g/mol. The zero-order chi connectivity index (χ0) is 14.3. The molecule has 0 amide bonds. The maximum atomic E-state index is 11.5. The Hall–Kier alpha value is -1.71. The lowest BCUT2D eigenvalue weighted by atomic mass is 10.1. The maximum absolute atomic E-state index is 11.5. The van der Waals surface area contributed by atoms with Crippen LogP contribution in [0.1, 0.15) is 25.8 Å². The molecule has 0 saturated heterocycles. The lowest BCUT2D eigenvalue weighted by molar-refractivity contribution is -0.145. The average Bonchev–Trinajstić information content (AvgIpc) is 2.47. The summed E-state index contributed by atoms with van der Waals surface area (Å²) in [5.41, 5.74) is 2.15. The van der Waals surface area contributed by atoms with Crippen molar-refractivity contribution in [1.29, 1.82) is 0 Å². The number of benzene rings is 1. The van der Waals surface area contributed by atoms with Crippen molar-refractivity contribution in [2.45, 2.75) is 26.7 Å². The molecule has 106 valence electrons. The van der Waals surface area contributed by atoms with Gasteiger partial charge in [0.15, 0.2) is 0 Å². The average molecular weight is 265 g/mol. The molecule has 0 heterocycles. The number of methoxy groups -OCH3 is 2. The molecule has 4 nitrogen and oxygen atoms in total. The standard InChI is InChI=1S/C15H23NO3/c1-5-11-7-8-14(18-3)13(9-11)16-10-12(6-2)15(17)19-4/h7-9,12,16H,5-6,10H2,1-4H3. The summed E-state index contributed by atoms with van der Waals surface area (Å²) in [4.78, 5) is 11.5. The van der Waals surface area contributed by atoms with Crippen molar-refractivity contribution in [2.75, 3.05) is 26.1 Å². The molecule has 0 aliphatic rings. The minimum absolute atomic E-state index is 0.139. The van der Waals surface area contributed by atoms with Crippen molar-refractivity contribution >= 4 is 11.7 Å². The van der Waals surface area contributed by atoms with Crippen LogP contribution in [0.5, 0.6) is 5.75 Å². The molecule has 0 saturated carbocycles. The Labute approximate surface area is 115 Å². The van der Waals surface area contributed by atoms with E-state index >= 15 is 0 Å². The molecule has 1 aromatic carbocycles. The highest BCUT2D eigenvalue weighted by molar-refractivity contribution is 5.73. The fourth-order valence-corrected chi connectivity index (χ4v) is 1.91. The highest BCUT2D eigenvalue weighted by Crippen LogP contribution is 2.26. The smallest absolute Gasteiger partial charge is 0.310 e. The number of esters is 1. The third kappa shape index (κ3) is 4.16. The number of nitrogens with one attached hydrogen (secondary N) is 1. The minimum Gasteiger partial charge on any atom is -0.495 e. The summed E-state index contributed by atoms with van der Waals surface area (Å²) in [5, 5.41) is 3.28. The third-order valence-corrected chi connectivity index (χ3v) is 3.24. The fraction of sp³-hybridized carbons (Fsp3) is 0.533. The Bertz CT molecular complexity index is 418. The van der Waals surface area contributed by atoms with Crippen LogP contribution in [0, 0.1) is 5.92 Å². The molecule has 0 spiro atoms. The van der Waals surface area contributed by atoms with Gasteiger partial charge >= 0.3 is 5.97 Å². The molecule has 1 atom stereocenters. The van der Waals surface area contributed by atoms with E-state index in [0.717, 1.165) is 24.3 Å². The van der Waals surface area contributed by atoms with Gasteiger partial charge in [-0.05, 0) is 30.5 Å². The van der Waals surface area contributed by atoms with Crippen LogP contribution in [0.25, 0.3) is 0 Å². The van der Waals surface area contributed by atoms with Crippen LogP contribution in [-0.2, 0) is 16.0 Å². The fourth-order valence-electron chi connectivity index (χ4n) is 1.91. The van der Waals surface area contributed by atoms with E-state index in [1.807, 2.05) is 19.1 Å². The van der Waals surface area contributed by atoms with E-state index in [1.165, 1.54) is 12.7 Å². The Balaban J connectivity index is 2.77. The minimum atomic E-state index is -0.180. The topological polar surface area (TPSA) is 47.6 Å². The van der Waals surface area contributed by atoms with Crippen molar-refractivity contribution < 1.29 is 14.3 Å². The summed E-state index contributed by atoms with van der Waals surface area (Å²) < 4.78 is 10.1. The van der Waals surface area contributed by atoms with E-state index in [0.29, 0.717) is 6.54 Å². The Morgan fingerprint density at radius 2 is 2.05 bits per heavy atom. The predicted octanol–water partition coefficient (Wildman–Crippen LogP) is 2.87. The van der Waals surface area contributed by atoms with Gasteiger partial charge in [-0.25, -0.2) is 0 Å². The Morgan fingerprint density at radius 3 is 2.58 bits per heavy atom. The zero-order valence-corrected chi connectivity index (χ0v) is 12.2. The second kappa shape index (κ2) is 7.67. The summed E-state index contributed by atoms with van der Waals surface area (Å²) in [6.07, 6.45) is 1.71. The van der Waals surface area contributed by atoms with Crippen molar-refractivity contribution in [1.82, 2.24) is 0 Å². The molecule has 1 unspecified atom stereocenters. The molecule has 0 bridgehead atoms. The van der Waals surface area contributed by atoms with Gasteiger partial charge in [0, 0.05) is 6.54 Å². The van der Waals surface area contributed by atoms with E-state index in [2.05, 4.69) is 18.3 Å². The molecular formula is C15H23NO3. The summed E-state index contributed by atoms with van der Waals surface area (Å²) in [6.45, 7) is 4.63. The third-order valence-electron chi connectivity index (χ3n) is 3.24. The normalized spacial score (nSPS) is 11.8. The van der Waals surface area contributed by atoms with Gasteiger partial charge in [-0.15, -0.1) is 0 Å². The van der Waals surface area contributed by atoms with Crippen LogP contribution in [0.2, 0.25) is 0 Å². The lowest BCUT2D eigenvalue weighted by Crippen LogP contribution is -2.23. The monoisotopic (exact) mass is 265 g/mol. The van der Waals surface area contributed by atoms with Crippen molar-refractivity contribution in [3.63, 3.8) is 0 Å². The maximum Gasteiger partial charge on any atom is 0.310 e. The molecule has 0 aliphatic carbocycles. The number of hydrogen-bond acceptors (Lipinski definition) is 4. The zero-order valence-electron chi connectivity index (χ0n) is 12.2. The molecule has 0 aliphatic heterocycles. The molecule has 19 heavy (non-hydrogen) atoms. The van der Waals surface area contributed by atoms with E-state index in [-0.39, 0.29) is 11.9 Å². The Kier molecular flexibility index (Phi) is 6.19. The first kappa shape index (κ1) is 15.3. The summed E-state index contributed by atoms with van der Waals surface area (Å²) in [6, 6.07) is 6.05. The second-order valence-electron chi connectivity index (χ2n) is 4.40. The predicted molar refractivity (Wildman–Crippen MR) is 76.7 cm³/mol. The van der Waals surface area contributed by atoms with Gasteiger partial charge in [-0.1, -0.05) is 19.9 Å². The van der Waals surface area contributed by atoms with Gasteiger partial charge in [0.05, 0.1) is 25.8 Å². The highest BCUT2D eigenvalue weighted by atomic mass is 16.5. The number of aryl methyl sites for hydroxylation is 1. The lowest BCUT2D eigenvalue weighted by Gasteiger charge is -2.16. The van der Waals surface area contributed by atoms with E-state index in [4.69, 9.17) is 9.47 Å². The Morgan fingerprint density at radius 1 is 1.32 bits per heavy atom. The first-order valence-electron chi connectivity index (χ1n) is 6.64. The number of carbonyl (C=O) groups is 1. The van der Waals surface area contributed by atoms with E-state index in [1.54, 1.807) is 7.11 Å². The van der Waals surface area contributed by atoms with Gasteiger partial charge in [0.1, 0.15) is 5.75 Å². The van der Waals surface area contributed by atoms with Gasteiger partial charge in [0.25, 0.3) is 0 Å². The highest BCUT2D eigenvalue weighted by Gasteiger charge is 2.17. The van der Waals surface area contributed by atoms with Crippen molar-refractivity contribution in [3.8, 4) is 5.75 Å². The summed E-state index contributed by atoms with van der Waals surface area (Å²) in [5.74, 6) is 0.470. The van der Waals surface area contributed by atoms with Crippen LogP contribution in [-0.4, -0.2) is 26.7 Å². The molecule has 1 aromatic rings. The van der Waals surface area contributed by atoms with Crippen LogP contribution < -0.4 is 10.1 Å². The second-order valence-corrected chi connectivity index (χ2v) is 4.40. The summed E-state index contributed by atoms with van der Waals surface area (Å²) >= 11 is 0. The number of hydrogen-bond donors (Lipinski definition) is 1. The van der Waals surface area contributed by atoms with Crippen molar-refractivity contribution in [2.24, 2.45) is 5.92 Å². The quantitative estimate of drug-likeness (QED) is 0.770. The van der Waals surface area contributed by atoms with Gasteiger partial charge in [-0.2, -0.15) is 0 Å². The molecule has 1 N–H and O–H groups in total. The summed E-state index contributed by atoms with van der Waals surface area (Å²) in [7, 11) is 3.06. The first-order valence-corrected chi connectivity index (χ1v) is 6.64. The molecule has 0 fully saturated rings. The largest absolute Gasteiger partial charge is 0.495 e. The van der Waals surface area contributed by atoms with E-state index < -0.39 is 0 Å². The molecule has 0 radical (unpaired) electrons. The molecule has 1 rings (SSSR count). The SMILES string of the molecule is CCc1ccc(OC)c(NCC(CC)C(=O)OC)c1. The molecule has 0 aromatic heterocycles. The van der Waals surface area contributed by atoms with Crippen LogP contribution >= 0.6 is 0 Å². The van der Waals surface area contributed by atoms with Gasteiger partial charge < -0.3 is 14.8 Å². The van der Waals surface area contributed by atoms with E-state index in [9.17, 15) is 4.79 Å². The van der Waals surface area contributed by atoms with Gasteiger partial charge in [0.2, 0.25) is 0 Å². The number of rotatable bonds is 7.